The van der Waals surface area contributed by atoms with Gasteiger partial charge in [-0.15, -0.1) is 0 Å². The van der Waals surface area contributed by atoms with Gasteiger partial charge in [-0.3, -0.25) is 14.1 Å². The van der Waals surface area contributed by atoms with E-state index in [0.29, 0.717) is 0 Å². The van der Waals surface area contributed by atoms with Crippen LogP contribution in [0.5, 0.6) is 0 Å². The Hall–Kier alpha value is 0.110. The van der Waals surface area contributed by atoms with E-state index in [1.54, 1.807) is 0 Å². The first kappa shape index (κ1) is 31.3. The quantitative estimate of drug-likeness (QED) is 0.209. The molecule has 0 saturated carbocycles. The molecular weight excluding hydrogens is 424 g/mol. The zero-order valence-electron chi connectivity index (χ0n) is 20.5. The van der Waals surface area contributed by atoms with Crippen LogP contribution in [0, 0.1) is 11.8 Å². The minimum atomic E-state index is -4.76. The summed E-state index contributed by atoms with van der Waals surface area (Å²) in [6.07, 6.45) is 6.74. The van der Waals surface area contributed by atoms with Crippen molar-refractivity contribution in [2.24, 2.45) is 11.8 Å². The number of unbranched alkanes of at least 4 members (excludes halogenated alkanes) is 2. The number of carbonyl (C=O) groups is 2. The zero-order valence-corrected chi connectivity index (χ0v) is 21.5. The van der Waals surface area contributed by atoms with E-state index >= 15 is 0 Å². The molecule has 3 atom stereocenters. The van der Waals surface area contributed by atoms with Crippen LogP contribution in [0.25, 0.3) is 0 Å². The second-order valence-electron chi connectivity index (χ2n) is 7.35. The Labute approximate surface area is 209 Å². The Morgan fingerprint density at radius 1 is 0.897 bits per heavy atom. The molecule has 9 heteroatoms. The first-order valence-electron chi connectivity index (χ1n) is 10.5. The molecule has 0 aromatic carbocycles. The molecule has 0 rings (SSSR count). The van der Waals surface area contributed by atoms with Crippen LogP contribution in [-0.2, 0) is 29.2 Å². The first-order chi connectivity index (χ1) is 13.2. The molecule has 0 heterocycles. The van der Waals surface area contributed by atoms with Gasteiger partial charge in [0.05, 0.1) is 19.6 Å². The molecule has 0 aliphatic carbocycles. The number of esters is 2. The summed E-state index contributed by atoms with van der Waals surface area (Å²) < 4.78 is 42.8. The fourth-order valence-electron chi connectivity index (χ4n) is 2.82. The molecule has 170 valence electrons. The maximum absolute atomic E-state index is 12.2. The predicted octanol–water partition coefficient (Wildman–Crippen LogP) is 4.00. The van der Waals surface area contributed by atoms with Gasteiger partial charge >= 0.3 is 49.7 Å². The Bertz CT molecular complexity index is 562. The van der Waals surface area contributed by atoms with Crippen molar-refractivity contribution in [2.45, 2.75) is 90.7 Å². The molecule has 3 unspecified atom stereocenters. The van der Waals surface area contributed by atoms with Crippen molar-refractivity contribution >= 4 is 59.8 Å². The van der Waals surface area contributed by atoms with Crippen molar-refractivity contribution in [1.29, 1.82) is 0 Å². The molecule has 29 heavy (non-hydrogen) atoms. The largest absolute Gasteiger partial charge is 2.00 e. The van der Waals surface area contributed by atoms with E-state index in [0.717, 1.165) is 51.4 Å². The SMILES string of the molecule is CCCCC(CC)COC(=O)CC(C(=O)OCC(CC)CCCC)S(=O)(=O)O.[Ca+2].[H-].[H-]. The summed E-state index contributed by atoms with van der Waals surface area (Å²) in [5.74, 6) is -1.61. The Kier molecular flexibility index (Phi) is 19.2. The molecule has 0 amide bonds. The van der Waals surface area contributed by atoms with E-state index < -0.39 is 33.7 Å². The molecule has 0 aliphatic heterocycles. The molecule has 0 spiro atoms. The van der Waals surface area contributed by atoms with Crippen molar-refractivity contribution in [1.82, 2.24) is 0 Å². The summed E-state index contributed by atoms with van der Waals surface area (Å²) in [4.78, 5) is 24.2. The second-order valence-corrected chi connectivity index (χ2v) is 8.95. The summed E-state index contributed by atoms with van der Waals surface area (Å²) in [6, 6.07) is 0. The van der Waals surface area contributed by atoms with Crippen molar-refractivity contribution in [3.05, 3.63) is 0 Å². The third-order valence-electron chi connectivity index (χ3n) is 5.00. The average Bonchev–Trinajstić information content (AvgIpc) is 2.65. The number of hydrogen-bond acceptors (Lipinski definition) is 6. The molecule has 1 N–H and O–H groups in total. The van der Waals surface area contributed by atoms with E-state index in [1.165, 1.54) is 0 Å². The van der Waals surface area contributed by atoms with Gasteiger partial charge < -0.3 is 12.3 Å². The van der Waals surface area contributed by atoms with Crippen molar-refractivity contribution < 1.29 is 34.9 Å². The third kappa shape index (κ3) is 14.7. The molecule has 0 saturated heterocycles. The van der Waals surface area contributed by atoms with E-state index in [2.05, 4.69) is 13.8 Å². The summed E-state index contributed by atoms with van der Waals surface area (Å²) in [5.41, 5.74) is 0. The monoisotopic (exact) mass is 464 g/mol. The van der Waals surface area contributed by atoms with E-state index in [9.17, 15) is 22.6 Å². The molecule has 7 nitrogen and oxygen atoms in total. The van der Waals surface area contributed by atoms with Crippen LogP contribution in [0.1, 0.15) is 88.3 Å². The molecule has 0 fully saturated rings. The average molecular weight is 465 g/mol. The van der Waals surface area contributed by atoms with Crippen LogP contribution in [0.4, 0.5) is 0 Å². The van der Waals surface area contributed by atoms with Crippen LogP contribution in [0.2, 0.25) is 0 Å². The summed E-state index contributed by atoms with van der Waals surface area (Å²) in [7, 11) is -4.76. The minimum absolute atomic E-state index is 0. The van der Waals surface area contributed by atoms with Crippen LogP contribution >= 0.6 is 0 Å². The fraction of sp³-hybridized carbons (Fsp3) is 0.900. The maximum Gasteiger partial charge on any atom is 2.00 e. The van der Waals surface area contributed by atoms with Crippen LogP contribution in [-0.4, -0.2) is 81.1 Å². The topological polar surface area (TPSA) is 107 Å². The number of rotatable bonds is 16. The van der Waals surface area contributed by atoms with Crippen molar-refractivity contribution in [3.8, 4) is 0 Å². The summed E-state index contributed by atoms with van der Waals surface area (Å²) in [6.45, 7) is 8.35. The molecule has 0 bridgehead atoms. The van der Waals surface area contributed by atoms with Gasteiger partial charge in [-0.25, -0.2) is 0 Å². The third-order valence-corrected chi connectivity index (χ3v) is 6.08. The normalized spacial score (nSPS) is 14.4. The molecule has 0 aromatic rings. The molecule has 0 radical (unpaired) electrons. The van der Waals surface area contributed by atoms with Crippen LogP contribution < -0.4 is 0 Å². The van der Waals surface area contributed by atoms with Gasteiger partial charge in [-0.2, -0.15) is 8.42 Å². The van der Waals surface area contributed by atoms with E-state index in [-0.39, 0.29) is 65.6 Å². The maximum atomic E-state index is 12.2. The molecule has 0 aliphatic rings. The summed E-state index contributed by atoms with van der Waals surface area (Å²) >= 11 is 0. The standard InChI is InChI=1S/C20H38O7S.Ca.2H/c1-5-9-11-16(7-3)14-26-19(21)13-18(28(23,24)25)20(22)27-15-17(8-4)12-10-6-2;;;/h16-18H,5-15H2,1-4H3,(H,23,24,25);;;/q;+2;2*-1. The van der Waals surface area contributed by atoms with Crippen LogP contribution in [0.15, 0.2) is 0 Å². The van der Waals surface area contributed by atoms with E-state index in [1.807, 2.05) is 13.8 Å². The number of ether oxygens (including phenoxy) is 2. The zero-order chi connectivity index (χ0) is 21.6. The Balaban J connectivity index is -0.00000121. The fourth-order valence-corrected chi connectivity index (χ4v) is 3.48. The van der Waals surface area contributed by atoms with Crippen molar-refractivity contribution in [3.63, 3.8) is 0 Å². The smallest absolute Gasteiger partial charge is 1.00 e. The number of carbonyl (C=O) groups excluding carboxylic acids is 2. The van der Waals surface area contributed by atoms with Gasteiger partial charge in [0.2, 0.25) is 0 Å². The minimum Gasteiger partial charge on any atom is -1.00 e. The van der Waals surface area contributed by atoms with Gasteiger partial charge in [0.15, 0.2) is 5.25 Å². The van der Waals surface area contributed by atoms with E-state index in [4.69, 9.17) is 9.47 Å². The second kappa shape index (κ2) is 17.8. The summed E-state index contributed by atoms with van der Waals surface area (Å²) in [5, 5.41) is -1.95. The molecule has 0 aromatic heterocycles. The predicted molar refractivity (Wildman–Crippen MR) is 116 cm³/mol. The van der Waals surface area contributed by atoms with Gasteiger partial charge in [0, 0.05) is 0 Å². The van der Waals surface area contributed by atoms with Gasteiger partial charge in [-0.1, -0.05) is 66.2 Å². The van der Waals surface area contributed by atoms with Crippen molar-refractivity contribution in [2.75, 3.05) is 13.2 Å². The van der Waals surface area contributed by atoms with Crippen LogP contribution in [0.3, 0.4) is 0 Å². The van der Waals surface area contributed by atoms with Gasteiger partial charge in [0.1, 0.15) is 0 Å². The van der Waals surface area contributed by atoms with Gasteiger partial charge in [-0.05, 0) is 24.7 Å². The molecular formula is C20H40CaO7S. The Morgan fingerprint density at radius 3 is 1.72 bits per heavy atom. The first-order valence-corrected chi connectivity index (χ1v) is 12.0. The number of hydrogen-bond donors (Lipinski definition) is 1. The van der Waals surface area contributed by atoms with Gasteiger partial charge in [0.25, 0.3) is 10.1 Å². The Morgan fingerprint density at radius 2 is 1.34 bits per heavy atom.